The molecule has 0 saturated heterocycles. The summed E-state index contributed by atoms with van der Waals surface area (Å²) in [5.74, 6) is 0. The second-order valence-electron chi connectivity index (χ2n) is 3.37. The molecule has 1 heterocycles. The minimum absolute atomic E-state index is 0.0470. The van der Waals surface area contributed by atoms with Gasteiger partial charge in [0.25, 0.3) is 0 Å². The highest BCUT2D eigenvalue weighted by molar-refractivity contribution is 5.56. The van der Waals surface area contributed by atoms with Crippen molar-refractivity contribution in [1.29, 1.82) is 0 Å². The normalized spacial score (nSPS) is 19.2. The average Bonchev–Trinajstić information content (AvgIpc) is 2.23. The summed E-state index contributed by atoms with van der Waals surface area (Å²) in [7, 11) is 0. The molecule has 1 aromatic carbocycles. The second-order valence-corrected chi connectivity index (χ2v) is 3.37. The number of fused-ring (bicyclic) bond motifs is 1. The third-order valence-electron chi connectivity index (χ3n) is 2.46. The van der Waals surface area contributed by atoms with E-state index in [1.165, 1.54) is 11.1 Å². The molecular weight excluding hydrogens is 172 g/mol. The second kappa shape index (κ2) is 3.68. The van der Waals surface area contributed by atoms with Crippen LogP contribution in [-0.4, -0.2) is 11.4 Å². The molecule has 2 N–H and O–H groups in total. The largest absolute Gasteiger partial charge is 0.355 e. The minimum Gasteiger partial charge on any atom is -0.355 e. The highest BCUT2D eigenvalue weighted by Gasteiger charge is 2.17. The molecule has 1 aliphatic heterocycles. The van der Waals surface area contributed by atoms with Crippen molar-refractivity contribution in [2.75, 3.05) is 6.54 Å². The summed E-state index contributed by atoms with van der Waals surface area (Å²) in [4.78, 5) is 2.06. The summed E-state index contributed by atoms with van der Waals surface area (Å²) >= 11 is 0. The summed E-state index contributed by atoms with van der Waals surface area (Å²) < 4.78 is 0. The van der Waals surface area contributed by atoms with Gasteiger partial charge in [0.1, 0.15) is 6.17 Å². The Morgan fingerprint density at radius 2 is 2.21 bits per heavy atom. The summed E-state index contributed by atoms with van der Waals surface area (Å²) in [6.45, 7) is 4.50. The molecule has 0 aromatic heterocycles. The zero-order chi connectivity index (χ0) is 9.97. The Bertz CT molecular complexity index is 368. The molecule has 1 unspecified atom stereocenters. The lowest BCUT2D eigenvalue weighted by atomic mass is 10.0. The van der Waals surface area contributed by atoms with Gasteiger partial charge in [-0.05, 0) is 17.2 Å². The molecule has 72 valence electrons. The van der Waals surface area contributed by atoms with Crippen LogP contribution in [0.5, 0.6) is 0 Å². The summed E-state index contributed by atoms with van der Waals surface area (Å²) in [5.41, 5.74) is 8.49. The minimum atomic E-state index is -0.0470. The lowest BCUT2D eigenvalue weighted by Crippen LogP contribution is -2.32. The number of nitrogens with two attached hydrogens (primary N) is 1. The highest BCUT2D eigenvalue weighted by Crippen LogP contribution is 2.25. The number of hydrogen-bond acceptors (Lipinski definition) is 2. The van der Waals surface area contributed by atoms with Crippen molar-refractivity contribution in [2.24, 2.45) is 5.73 Å². The molecule has 14 heavy (non-hydrogen) atoms. The van der Waals surface area contributed by atoms with Crippen molar-refractivity contribution < 1.29 is 0 Å². The van der Waals surface area contributed by atoms with E-state index in [4.69, 9.17) is 5.73 Å². The van der Waals surface area contributed by atoms with E-state index in [0.717, 1.165) is 6.54 Å². The quantitative estimate of drug-likeness (QED) is 0.717. The molecule has 0 bridgehead atoms. The van der Waals surface area contributed by atoms with Crippen LogP contribution in [-0.2, 0) is 0 Å². The van der Waals surface area contributed by atoms with E-state index in [1.54, 1.807) is 0 Å². The van der Waals surface area contributed by atoms with Crippen LogP contribution in [0.1, 0.15) is 17.3 Å². The highest BCUT2D eigenvalue weighted by atomic mass is 15.2. The zero-order valence-electron chi connectivity index (χ0n) is 8.06. The first-order chi connectivity index (χ1) is 6.83. The van der Waals surface area contributed by atoms with Crippen LogP contribution in [0.25, 0.3) is 6.08 Å². The van der Waals surface area contributed by atoms with Crippen molar-refractivity contribution >= 4 is 6.08 Å². The Balaban J connectivity index is 2.34. The van der Waals surface area contributed by atoms with Gasteiger partial charge in [-0.2, -0.15) is 0 Å². The molecule has 0 amide bonds. The molecule has 2 rings (SSSR count). The Hall–Kier alpha value is -1.54. The molecule has 0 saturated carbocycles. The van der Waals surface area contributed by atoms with Gasteiger partial charge in [0, 0.05) is 12.7 Å². The van der Waals surface area contributed by atoms with Crippen molar-refractivity contribution in [1.82, 2.24) is 4.90 Å². The molecule has 0 spiro atoms. The fourth-order valence-corrected chi connectivity index (χ4v) is 1.70. The Labute approximate surface area is 84.3 Å². The Morgan fingerprint density at radius 1 is 1.43 bits per heavy atom. The van der Waals surface area contributed by atoms with Crippen LogP contribution in [0.3, 0.4) is 0 Å². The molecular formula is C12H14N2. The van der Waals surface area contributed by atoms with Crippen molar-refractivity contribution in [3.8, 4) is 0 Å². The molecule has 1 atom stereocenters. The Kier molecular flexibility index (Phi) is 2.37. The van der Waals surface area contributed by atoms with E-state index in [9.17, 15) is 0 Å². The van der Waals surface area contributed by atoms with Crippen LogP contribution in [0.2, 0.25) is 0 Å². The predicted octanol–water partition coefficient (Wildman–Crippen LogP) is 2.12. The standard InChI is InChI=1S/C12H14N2/c1-2-8-14-9-7-10-5-3-4-6-11(10)12(14)13/h2-7,9,12H,1,8,13H2. The maximum atomic E-state index is 6.10. The number of hydrogen-bond donors (Lipinski definition) is 1. The lowest BCUT2D eigenvalue weighted by Gasteiger charge is -2.31. The number of nitrogens with zero attached hydrogens (tertiary/aromatic N) is 1. The molecule has 1 aromatic rings. The summed E-state index contributed by atoms with van der Waals surface area (Å²) in [6, 6.07) is 8.19. The van der Waals surface area contributed by atoms with Crippen molar-refractivity contribution in [3.63, 3.8) is 0 Å². The van der Waals surface area contributed by atoms with E-state index in [2.05, 4.69) is 29.7 Å². The molecule has 2 heteroatoms. The molecule has 0 fully saturated rings. The molecule has 1 aliphatic rings. The van der Waals surface area contributed by atoms with Gasteiger partial charge < -0.3 is 10.6 Å². The van der Waals surface area contributed by atoms with E-state index < -0.39 is 0 Å². The predicted molar refractivity (Wildman–Crippen MR) is 59.3 cm³/mol. The summed E-state index contributed by atoms with van der Waals surface area (Å²) in [5, 5.41) is 0. The van der Waals surface area contributed by atoms with E-state index in [1.807, 2.05) is 24.4 Å². The van der Waals surface area contributed by atoms with Gasteiger partial charge in [-0.15, -0.1) is 6.58 Å². The fourth-order valence-electron chi connectivity index (χ4n) is 1.70. The van der Waals surface area contributed by atoms with Gasteiger partial charge in [-0.25, -0.2) is 0 Å². The van der Waals surface area contributed by atoms with Crippen molar-refractivity contribution in [3.05, 3.63) is 54.2 Å². The van der Waals surface area contributed by atoms with E-state index in [-0.39, 0.29) is 6.17 Å². The third kappa shape index (κ3) is 1.44. The first-order valence-electron chi connectivity index (χ1n) is 4.72. The summed E-state index contributed by atoms with van der Waals surface area (Å²) in [6.07, 6.45) is 5.92. The smallest absolute Gasteiger partial charge is 0.104 e. The average molecular weight is 186 g/mol. The monoisotopic (exact) mass is 186 g/mol. The number of benzene rings is 1. The van der Waals surface area contributed by atoms with Gasteiger partial charge in [-0.3, -0.25) is 0 Å². The first kappa shape index (κ1) is 9.03. The van der Waals surface area contributed by atoms with Crippen LogP contribution in [0, 0.1) is 0 Å². The molecule has 0 aliphatic carbocycles. The van der Waals surface area contributed by atoms with Crippen molar-refractivity contribution in [2.45, 2.75) is 6.17 Å². The van der Waals surface area contributed by atoms with Crippen LogP contribution in [0.4, 0.5) is 0 Å². The lowest BCUT2D eigenvalue weighted by molar-refractivity contribution is 0.312. The Morgan fingerprint density at radius 3 is 3.00 bits per heavy atom. The van der Waals surface area contributed by atoms with Crippen LogP contribution >= 0.6 is 0 Å². The van der Waals surface area contributed by atoms with Crippen LogP contribution < -0.4 is 5.73 Å². The fraction of sp³-hybridized carbons (Fsp3) is 0.167. The molecule has 0 radical (unpaired) electrons. The van der Waals surface area contributed by atoms with Gasteiger partial charge in [0.05, 0.1) is 0 Å². The third-order valence-corrected chi connectivity index (χ3v) is 2.46. The first-order valence-corrected chi connectivity index (χ1v) is 4.72. The van der Waals surface area contributed by atoms with Crippen LogP contribution in [0.15, 0.2) is 43.1 Å². The maximum absolute atomic E-state index is 6.10. The number of rotatable bonds is 2. The molecule has 2 nitrogen and oxygen atoms in total. The van der Waals surface area contributed by atoms with Gasteiger partial charge in [0.2, 0.25) is 0 Å². The SMILES string of the molecule is C=CCN1C=Cc2ccccc2C1N. The van der Waals surface area contributed by atoms with E-state index in [0.29, 0.717) is 0 Å². The van der Waals surface area contributed by atoms with Gasteiger partial charge in [-0.1, -0.05) is 30.3 Å². The van der Waals surface area contributed by atoms with Gasteiger partial charge >= 0.3 is 0 Å². The topological polar surface area (TPSA) is 29.3 Å². The zero-order valence-corrected chi connectivity index (χ0v) is 8.06. The maximum Gasteiger partial charge on any atom is 0.104 e. The van der Waals surface area contributed by atoms with E-state index >= 15 is 0 Å². The van der Waals surface area contributed by atoms with Gasteiger partial charge in [0.15, 0.2) is 0 Å².